The van der Waals surface area contributed by atoms with Gasteiger partial charge in [-0.15, -0.1) is 11.8 Å². The minimum Gasteiger partial charge on any atom is -0.335 e. The maximum Gasteiger partial charge on any atom is 0.161 e. The highest BCUT2D eigenvalue weighted by atomic mass is 32.2. The Morgan fingerprint density at radius 2 is 2.13 bits per heavy atom. The minimum atomic E-state index is 0.447. The number of rotatable bonds is 2. The molecule has 1 aliphatic heterocycles. The number of anilines is 1. The molecular weight excluding hydrogens is 224 g/mol. The molecule has 0 aliphatic carbocycles. The number of thioether (sulfide) groups is 2. The molecule has 1 aliphatic rings. The number of benzene rings is 1. The maximum absolute atomic E-state index is 4.49. The Hall–Kier alpha value is -0.610. The average Bonchev–Trinajstić information content (AvgIpc) is 2.65. The molecule has 15 heavy (non-hydrogen) atoms. The van der Waals surface area contributed by atoms with Crippen LogP contribution in [-0.4, -0.2) is 23.2 Å². The molecule has 1 atom stereocenters. The van der Waals surface area contributed by atoms with Crippen LogP contribution in [0.3, 0.4) is 0 Å². The second-order valence-electron chi connectivity index (χ2n) is 3.45. The van der Waals surface area contributed by atoms with Crippen molar-refractivity contribution in [3.63, 3.8) is 0 Å². The van der Waals surface area contributed by atoms with Crippen molar-refractivity contribution in [3.8, 4) is 0 Å². The molecule has 0 saturated heterocycles. The highest BCUT2D eigenvalue weighted by Gasteiger charge is 2.13. The summed E-state index contributed by atoms with van der Waals surface area (Å²) in [5.74, 6) is 1.09. The van der Waals surface area contributed by atoms with Crippen molar-refractivity contribution >= 4 is 34.4 Å². The minimum absolute atomic E-state index is 0.447. The van der Waals surface area contributed by atoms with Gasteiger partial charge in [0.15, 0.2) is 5.17 Å². The summed E-state index contributed by atoms with van der Waals surface area (Å²) in [5, 5.41) is 4.37. The van der Waals surface area contributed by atoms with Crippen LogP contribution in [0.15, 0.2) is 34.2 Å². The largest absolute Gasteiger partial charge is 0.335 e. The van der Waals surface area contributed by atoms with E-state index in [1.807, 2.05) is 0 Å². The molecule has 0 bridgehead atoms. The Morgan fingerprint density at radius 1 is 1.40 bits per heavy atom. The van der Waals surface area contributed by atoms with Gasteiger partial charge < -0.3 is 5.32 Å². The molecule has 1 aromatic carbocycles. The molecule has 2 nitrogen and oxygen atoms in total. The van der Waals surface area contributed by atoms with E-state index in [-0.39, 0.29) is 0 Å². The van der Waals surface area contributed by atoms with Crippen molar-refractivity contribution in [2.75, 3.05) is 17.3 Å². The Balaban J connectivity index is 2.02. The van der Waals surface area contributed by atoms with Gasteiger partial charge in [-0.1, -0.05) is 11.8 Å². The Labute approximate surface area is 98.9 Å². The summed E-state index contributed by atoms with van der Waals surface area (Å²) in [7, 11) is 0. The summed E-state index contributed by atoms with van der Waals surface area (Å²) in [5.41, 5.74) is 1.12. The third-order valence-corrected chi connectivity index (χ3v) is 4.01. The van der Waals surface area contributed by atoms with Crippen LogP contribution in [0.5, 0.6) is 0 Å². The number of hydrogen-bond donors (Lipinski definition) is 1. The summed E-state index contributed by atoms with van der Waals surface area (Å²) in [4.78, 5) is 5.78. The first-order chi connectivity index (χ1) is 7.28. The molecule has 1 unspecified atom stereocenters. The zero-order valence-electron chi connectivity index (χ0n) is 8.86. The van der Waals surface area contributed by atoms with E-state index < -0.39 is 0 Å². The van der Waals surface area contributed by atoms with Gasteiger partial charge in [0.1, 0.15) is 0 Å². The molecule has 2 rings (SSSR count). The predicted octanol–water partition coefficient (Wildman–Crippen LogP) is 3.31. The standard InChI is InChI=1S/C11H14N2S2/c1-8-7-15-11(12-8)13-9-3-5-10(14-2)6-4-9/h3-6,8H,7H2,1-2H3,(H,12,13). The van der Waals surface area contributed by atoms with Crippen LogP contribution in [0, 0.1) is 0 Å². The van der Waals surface area contributed by atoms with Gasteiger partial charge in [0.05, 0.1) is 6.04 Å². The number of nitrogens with one attached hydrogen (secondary N) is 1. The lowest BCUT2D eigenvalue weighted by Crippen LogP contribution is -2.04. The quantitative estimate of drug-likeness (QED) is 0.800. The first kappa shape index (κ1) is 10.9. The fraction of sp³-hybridized carbons (Fsp3) is 0.364. The summed E-state index contributed by atoms with van der Waals surface area (Å²) in [6, 6.07) is 8.88. The molecule has 0 spiro atoms. The number of nitrogens with zero attached hydrogens (tertiary/aromatic N) is 1. The number of amidine groups is 1. The summed E-state index contributed by atoms with van der Waals surface area (Å²) in [6.07, 6.45) is 2.08. The van der Waals surface area contributed by atoms with E-state index in [9.17, 15) is 0 Å². The second kappa shape index (κ2) is 4.94. The van der Waals surface area contributed by atoms with Crippen molar-refractivity contribution in [2.24, 2.45) is 4.99 Å². The fourth-order valence-electron chi connectivity index (χ4n) is 1.34. The second-order valence-corrected chi connectivity index (χ2v) is 5.34. The molecule has 80 valence electrons. The van der Waals surface area contributed by atoms with Gasteiger partial charge >= 0.3 is 0 Å². The van der Waals surface area contributed by atoms with Crippen LogP contribution >= 0.6 is 23.5 Å². The molecule has 1 aromatic rings. The van der Waals surface area contributed by atoms with E-state index in [0.29, 0.717) is 6.04 Å². The van der Waals surface area contributed by atoms with Crippen molar-refractivity contribution in [2.45, 2.75) is 17.9 Å². The predicted molar refractivity (Wildman–Crippen MR) is 71.2 cm³/mol. The fourth-order valence-corrected chi connectivity index (χ4v) is 2.67. The highest BCUT2D eigenvalue weighted by Crippen LogP contribution is 2.21. The smallest absolute Gasteiger partial charge is 0.161 e. The third-order valence-electron chi connectivity index (χ3n) is 2.14. The van der Waals surface area contributed by atoms with Crippen LogP contribution in [0.25, 0.3) is 0 Å². The van der Waals surface area contributed by atoms with Gasteiger partial charge in [0, 0.05) is 16.3 Å². The third kappa shape index (κ3) is 2.92. The van der Waals surface area contributed by atoms with Crippen LogP contribution in [0.4, 0.5) is 5.69 Å². The molecular formula is C11H14N2S2. The molecule has 1 heterocycles. The first-order valence-electron chi connectivity index (χ1n) is 4.89. The summed E-state index contributed by atoms with van der Waals surface area (Å²) in [6.45, 7) is 2.14. The van der Waals surface area contributed by atoms with Crippen molar-refractivity contribution in [1.29, 1.82) is 0 Å². The maximum atomic E-state index is 4.49. The first-order valence-corrected chi connectivity index (χ1v) is 7.10. The SMILES string of the molecule is CSc1ccc(NC2=NC(C)CS2)cc1. The van der Waals surface area contributed by atoms with Crippen molar-refractivity contribution < 1.29 is 0 Å². The molecule has 1 N–H and O–H groups in total. The topological polar surface area (TPSA) is 24.4 Å². The average molecular weight is 238 g/mol. The van der Waals surface area contributed by atoms with Gasteiger partial charge in [-0.2, -0.15) is 0 Å². The molecule has 0 aromatic heterocycles. The van der Waals surface area contributed by atoms with Crippen LogP contribution in [-0.2, 0) is 0 Å². The van der Waals surface area contributed by atoms with Crippen LogP contribution in [0.1, 0.15) is 6.92 Å². The van der Waals surface area contributed by atoms with Gasteiger partial charge in [-0.3, -0.25) is 4.99 Å². The van der Waals surface area contributed by atoms with Gasteiger partial charge in [0.2, 0.25) is 0 Å². The van der Waals surface area contributed by atoms with E-state index in [0.717, 1.165) is 16.6 Å². The van der Waals surface area contributed by atoms with E-state index in [4.69, 9.17) is 0 Å². The van der Waals surface area contributed by atoms with E-state index in [1.54, 1.807) is 23.5 Å². The van der Waals surface area contributed by atoms with E-state index in [1.165, 1.54) is 4.90 Å². The Bertz CT molecular complexity index is 359. The van der Waals surface area contributed by atoms with Gasteiger partial charge in [-0.05, 0) is 37.4 Å². The molecule has 0 radical (unpaired) electrons. The monoisotopic (exact) mass is 238 g/mol. The lowest BCUT2D eigenvalue weighted by Gasteiger charge is -2.05. The van der Waals surface area contributed by atoms with E-state index in [2.05, 4.69) is 47.8 Å². The lowest BCUT2D eigenvalue weighted by atomic mass is 10.3. The van der Waals surface area contributed by atoms with E-state index >= 15 is 0 Å². The lowest BCUT2D eigenvalue weighted by molar-refractivity contribution is 0.865. The van der Waals surface area contributed by atoms with Crippen molar-refractivity contribution in [3.05, 3.63) is 24.3 Å². The highest BCUT2D eigenvalue weighted by molar-refractivity contribution is 8.14. The van der Waals surface area contributed by atoms with Crippen molar-refractivity contribution in [1.82, 2.24) is 0 Å². The summed E-state index contributed by atoms with van der Waals surface area (Å²) < 4.78 is 0. The molecule has 4 heteroatoms. The Morgan fingerprint density at radius 3 is 2.67 bits per heavy atom. The normalized spacial score (nSPS) is 20.1. The Kier molecular flexibility index (Phi) is 3.59. The summed E-state index contributed by atoms with van der Waals surface area (Å²) >= 11 is 3.55. The van der Waals surface area contributed by atoms with Gasteiger partial charge in [-0.25, -0.2) is 0 Å². The zero-order chi connectivity index (χ0) is 10.7. The van der Waals surface area contributed by atoms with Crippen LogP contribution in [0.2, 0.25) is 0 Å². The zero-order valence-corrected chi connectivity index (χ0v) is 10.5. The molecule has 0 amide bonds. The van der Waals surface area contributed by atoms with Crippen LogP contribution < -0.4 is 5.32 Å². The number of hydrogen-bond acceptors (Lipinski definition) is 4. The molecule has 0 saturated carbocycles. The van der Waals surface area contributed by atoms with Gasteiger partial charge in [0.25, 0.3) is 0 Å². The molecule has 0 fully saturated rings. The number of aliphatic imine (C=N–C) groups is 1.